The number of morpholine rings is 1. The van der Waals surface area contributed by atoms with Crippen LogP contribution in [0.4, 0.5) is 5.69 Å². The molecule has 0 amide bonds. The number of ether oxygens (including phenoxy) is 3. The highest BCUT2D eigenvalue weighted by Crippen LogP contribution is 2.17. The van der Waals surface area contributed by atoms with Crippen molar-refractivity contribution in [2.75, 3.05) is 51.9 Å². The summed E-state index contributed by atoms with van der Waals surface area (Å²) in [5, 5.41) is 3.39. The van der Waals surface area contributed by atoms with E-state index in [1.54, 1.807) is 7.11 Å². The lowest BCUT2D eigenvalue weighted by Crippen LogP contribution is -2.35. The molecule has 5 nitrogen and oxygen atoms in total. The standard InChI is InChI=1S/C20H26N2O3/c1-23-19-6-8-20(9-7-19)25-13-10-21-18-4-2-17(3-5-18)16-22-11-14-24-15-12-22/h2-9,21H,10-16H2,1H3. The predicted octanol–water partition coefficient (Wildman–Crippen LogP) is 3.02. The van der Waals surface area contributed by atoms with Gasteiger partial charge in [-0.1, -0.05) is 12.1 Å². The van der Waals surface area contributed by atoms with E-state index in [-0.39, 0.29) is 0 Å². The maximum atomic E-state index is 5.71. The summed E-state index contributed by atoms with van der Waals surface area (Å²) in [6.45, 7) is 6.08. The molecule has 1 aliphatic heterocycles. The molecule has 2 aromatic carbocycles. The first kappa shape index (κ1) is 17.6. The first-order valence-corrected chi connectivity index (χ1v) is 8.73. The zero-order valence-electron chi connectivity index (χ0n) is 14.7. The summed E-state index contributed by atoms with van der Waals surface area (Å²) in [7, 11) is 1.66. The van der Waals surface area contributed by atoms with Gasteiger partial charge in [-0.15, -0.1) is 0 Å². The molecule has 0 saturated carbocycles. The monoisotopic (exact) mass is 342 g/mol. The van der Waals surface area contributed by atoms with Crippen LogP contribution in [0, 0.1) is 0 Å². The van der Waals surface area contributed by atoms with Crippen LogP contribution in [-0.2, 0) is 11.3 Å². The zero-order chi connectivity index (χ0) is 17.3. The Labute approximate surface area is 149 Å². The van der Waals surface area contributed by atoms with Gasteiger partial charge in [0.2, 0.25) is 0 Å². The molecule has 25 heavy (non-hydrogen) atoms. The first-order valence-electron chi connectivity index (χ1n) is 8.73. The Hall–Kier alpha value is -2.24. The molecule has 0 bridgehead atoms. The molecule has 134 valence electrons. The molecule has 1 saturated heterocycles. The van der Waals surface area contributed by atoms with Gasteiger partial charge in [0.15, 0.2) is 0 Å². The molecule has 0 unspecified atom stereocenters. The minimum absolute atomic E-state index is 0.613. The van der Waals surface area contributed by atoms with E-state index in [1.165, 1.54) is 5.56 Å². The molecule has 0 radical (unpaired) electrons. The number of nitrogens with zero attached hydrogens (tertiary/aromatic N) is 1. The van der Waals surface area contributed by atoms with Crippen LogP contribution in [0.15, 0.2) is 48.5 Å². The van der Waals surface area contributed by atoms with Crippen molar-refractivity contribution in [3.63, 3.8) is 0 Å². The molecule has 3 rings (SSSR count). The number of benzene rings is 2. The average molecular weight is 342 g/mol. The van der Waals surface area contributed by atoms with Crippen LogP contribution >= 0.6 is 0 Å². The van der Waals surface area contributed by atoms with Crippen molar-refractivity contribution < 1.29 is 14.2 Å². The molecule has 0 atom stereocenters. The second-order valence-corrected chi connectivity index (χ2v) is 6.04. The summed E-state index contributed by atoms with van der Waals surface area (Å²) < 4.78 is 16.2. The van der Waals surface area contributed by atoms with Gasteiger partial charge in [0.05, 0.1) is 20.3 Å². The van der Waals surface area contributed by atoms with E-state index in [0.29, 0.717) is 6.61 Å². The summed E-state index contributed by atoms with van der Waals surface area (Å²) in [6.07, 6.45) is 0. The van der Waals surface area contributed by atoms with Gasteiger partial charge < -0.3 is 19.5 Å². The van der Waals surface area contributed by atoms with Crippen molar-refractivity contribution in [3.05, 3.63) is 54.1 Å². The fourth-order valence-corrected chi connectivity index (χ4v) is 2.78. The minimum atomic E-state index is 0.613. The Morgan fingerprint density at radius 3 is 2.32 bits per heavy atom. The van der Waals surface area contributed by atoms with Crippen LogP contribution in [0.25, 0.3) is 0 Å². The van der Waals surface area contributed by atoms with E-state index < -0.39 is 0 Å². The fraction of sp³-hybridized carbons (Fsp3) is 0.400. The van der Waals surface area contributed by atoms with Gasteiger partial charge in [-0.25, -0.2) is 0 Å². The average Bonchev–Trinajstić information content (AvgIpc) is 2.68. The molecular formula is C20H26N2O3. The maximum Gasteiger partial charge on any atom is 0.119 e. The van der Waals surface area contributed by atoms with E-state index in [2.05, 4.69) is 34.5 Å². The normalized spacial score (nSPS) is 14.9. The zero-order valence-corrected chi connectivity index (χ0v) is 14.7. The molecule has 1 aliphatic rings. The molecule has 0 spiro atoms. The van der Waals surface area contributed by atoms with Gasteiger partial charge in [0.25, 0.3) is 0 Å². The van der Waals surface area contributed by atoms with E-state index in [9.17, 15) is 0 Å². The molecule has 1 fully saturated rings. The van der Waals surface area contributed by atoms with Gasteiger partial charge in [-0.3, -0.25) is 4.90 Å². The molecule has 0 aromatic heterocycles. The molecule has 1 N–H and O–H groups in total. The van der Waals surface area contributed by atoms with Crippen LogP contribution in [0.3, 0.4) is 0 Å². The maximum absolute atomic E-state index is 5.71. The topological polar surface area (TPSA) is 43.0 Å². The molecule has 1 heterocycles. The Morgan fingerprint density at radius 2 is 1.64 bits per heavy atom. The number of anilines is 1. The summed E-state index contributed by atoms with van der Waals surface area (Å²) in [5.74, 6) is 1.69. The van der Waals surface area contributed by atoms with E-state index >= 15 is 0 Å². The van der Waals surface area contributed by atoms with Gasteiger partial charge in [-0.2, -0.15) is 0 Å². The van der Waals surface area contributed by atoms with Crippen molar-refractivity contribution in [3.8, 4) is 11.5 Å². The predicted molar refractivity (Wildman–Crippen MR) is 99.5 cm³/mol. The van der Waals surface area contributed by atoms with Crippen LogP contribution < -0.4 is 14.8 Å². The fourth-order valence-electron chi connectivity index (χ4n) is 2.78. The second-order valence-electron chi connectivity index (χ2n) is 6.04. The molecule has 2 aromatic rings. The minimum Gasteiger partial charge on any atom is -0.497 e. The second kappa shape index (κ2) is 9.30. The highest BCUT2D eigenvalue weighted by molar-refractivity contribution is 5.44. The van der Waals surface area contributed by atoms with Crippen molar-refractivity contribution >= 4 is 5.69 Å². The smallest absolute Gasteiger partial charge is 0.119 e. The van der Waals surface area contributed by atoms with E-state index in [4.69, 9.17) is 14.2 Å². The van der Waals surface area contributed by atoms with Crippen LogP contribution in [-0.4, -0.2) is 51.5 Å². The molecular weight excluding hydrogens is 316 g/mol. The van der Waals surface area contributed by atoms with Gasteiger partial charge >= 0.3 is 0 Å². The van der Waals surface area contributed by atoms with Gasteiger partial charge in [-0.05, 0) is 42.0 Å². The lowest BCUT2D eigenvalue weighted by atomic mass is 10.2. The van der Waals surface area contributed by atoms with Crippen molar-refractivity contribution in [2.24, 2.45) is 0 Å². The number of hydrogen-bond donors (Lipinski definition) is 1. The van der Waals surface area contributed by atoms with Gasteiger partial charge in [0, 0.05) is 31.9 Å². The van der Waals surface area contributed by atoms with E-state index in [1.807, 2.05) is 24.3 Å². The van der Waals surface area contributed by atoms with Crippen molar-refractivity contribution in [1.82, 2.24) is 4.90 Å². The summed E-state index contributed by atoms with van der Waals surface area (Å²) in [4.78, 5) is 2.43. The quantitative estimate of drug-likeness (QED) is 0.747. The van der Waals surface area contributed by atoms with Crippen LogP contribution in [0.2, 0.25) is 0 Å². The lowest BCUT2D eigenvalue weighted by molar-refractivity contribution is 0.0342. The molecule has 0 aliphatic carbocycles. The first-order chi connectivity index (χ1) is 12.3. The number of nitrogens with one attached hydrogen (secondary N) is 1. The van der Waals surface area contributed by atoms with Crippen LogP contribution in [0.5, 0.6) is 11.5 Å². The summed E-state index contributed by atoms with van der Waals surface area (Å²) in [5.41, 5.74) is 2.45. The Balaban J connectivity index is 1.37. The van der Waals surface area contributed by atoms with Crippen molar-refractivity contribution in [2.45, 2.75) is 6.54 Å². The third-order valence-electron chi connectivity index (χ3n) is 4.22. The lowest BCUT2D eigenvalue weighted by Gasteiger charge is -2.26. The Kier molecular flexibility index (Phi) is 6.54. The molecule has 5 heteroatoms. The summed E-state index contributed by atoms with van der Waals surface area (Å²) >= 11 is 0. The van der Waals surface area contributed by atoms with Gasteiger partial charge in [0.1, 0.15) is 18.1 Å². The Morgan fingerprint density at radius 1 is 0.960 bits per heavy atom. The van der Waals surface area contributed by atoms with Crippen molar-refractivity contribution in [1.29, 1.82) is 0 Å². The highest BCUT2D eigenvalue weighted by atomic mass is 16.5. The summed E-state index contributed by atoms with van der Waals surface area (Å²) in [6, 6.07) is 16.3. The highest BCUT2D eigenvalue weighted by Gasteiger charge is 2.10. The number of rotatable bonds is 8. The third-order valence-corrected chi connectivity index (χ3v) is 4.22. The Bertz CT molecular complexity index is 622. The number of hydrogen-bond acceptors (Lipinski definition) is 5. The SMILES string of the molecule is COc1ccc(OCCNc2ccc(CN3CCOCC3)cc2)cc1. The third kappa shape index (κ3) is 5.66. The van der Waals surface area contributed by atoms with E-state index in [0.717, 1.165) is 56.6 Å². The number of methoxy groups -OCH3 is 1. The largest absolute Gasteiger partial charge is 0.497 e. The van der Waals surface area contributed by atoms with Crippen LogP contribution in [0.1, 0.15) is 5.56 Å².